The van der Waals surface area contributed by atoms with Gasteiger partial charge in [0.2, 0.25) is 5.91 Å². The number of hydrogen-bond donors (Lipinski definition) is 3. The average Bonchev–Trinajstić information content (AvgIpc) is 2.67. The van der Waals surface area contributed by atoms with E-state index in [1.54, 1.807) is 12.3 Å². The number of aliphatic hydroxyl groups excluding tert-OH is 1. The lowest BCUT2D eigenvalue weighted by molar-refractivity contribution is -0.123. The van der Waals surface area contributed by atoms with Gasteiger partial charge in [-0.15, -0.1) is 0 Å². The Bertz CT molecular complexity index is 391. The van der Waals surface area contributed by atoms with E-state index in [1.807, 2.05) is 0 Å². The highest BCUT2D eigenvalue weighted by atomic mass is 16.3. The van der Waals surface area contributed by atoms with Crippen molar-refractivity contribution in [3.63, 3.8) is 0 Å². The third kappa shape index (κ3) is 3.20. The number of carbonyl (C=O) groups is 1. The number of aliphatic hydroxyl groups is 1. The van der Waals surface area contributed by atoms with Gasteiger partial charge in [-0.3, -0.25) is 9.48 Å². The minimum absolute atomic E-state index is 0.121. The number of nitrogens with two attached hydrogens (primary N) is 1. The highest BCUT2D eigenvalue weighted by Crippen LogP contribution is 2.18. The zero-order valence-electron chi connectivity index (χ0n) is 9.67. The van der Waals surface area contributed by atoms with Crippen molar-refractivity contribution in [2.45, 2.75) is 44.4 Å². The van der Waals surface area contributed by atoms with Crippen LogP contribution in [0.4, 0.5) is 5.82 Å². The molecule has 1 saturated carbocycles. The first-order valence-corrected chi connectivity index (χ1v) is 5.91. The number of aromatic nitrogens is 2. The van der Waals surface area contributed by atoms with E-state index < -0.39 is 6.10 Å². The normalized spacial score (nSPS) is 24.5. The van der Waals surface area contributed by atoms with E-state index in [9.17, 15) is 9.90 Å². The van der Waals surface area contributed by atoms with E-state index in [0.717, 1.165) is 25.7 Å². The van der Waals surface area contributed by atoms with E-state index in [2.05, 4.69) is 10.4 Å². The Kier molecular flexibility index (Phi) is 3.63. The zero-order valence-corrected chi connectivity index (χ0v) is 9.67. The lowest BCUT2D eigenvalue weighted by Gasteiger charge is -2.28. The van der Waals surface area contributed by atoms with Crippen LogP contribution in [0.3, 0.4) is 0 Å². The van der Waals surface area contributed by atoms with Crippen molar-refractivity contribution in [2.24, 2.45) is 0 Å². The monoisotopic (exact) mass is 238 g/mol. The highest BCUT2D eigenvalue weighted by Gasteiger charge is 2.24. The largest absolute Gasteiger partial charge is 0.391 e. The summed E-state index contributed by atoms with van der Waals surface area (Å²) < 4.78 is 1.49. The van der Waals surface area contributed by atoms with Crippen molar-refractivity contribution in [3.8, 4) is 0 Å². The second kappa shape index (κ2) is 5.18. The van der Waals surface area contributed by atoms with Crippen molar-refractivity contribution >= 4 is 11.7 Å². The van der Waals surface area contributed by atoms with Gasteiger partial charge in [0.1, 0.15) is 12.4 Å². The topological polar surface area (TPSA) is 93.2 Å². The first-order chi connectivity index (χ1) is 8.15. The highest BCUT2D eigenvalue weighted by molar-refractivity contribution is 5.76. The SMILES string of the molecule is Nc1ccn(CC(=O)N[C@@H]2CCCC[C@H]2O)n1. The van der Waals surface area contributed by atoms with Crippen LogP contribution >= 0.6 is 0 Å². The quantitative estimate of drug-likeness (QED) is 0.684. The van der Waals surface area contributed by atoms with Gasteiger partial charge in [-0.05, 0) is 18.9 Å². The van der Waals surface area contributed by atoms with Gasteiger partial charge in [0, 0.05) is 6.20 Å². The molecule has 0 aliphatic heterocycles. The molecule has 0 unspecified atom stereocenters. The molecule has 6 heteroatoms. The molecule has 17 heavy (non-hydrogen) atoms. The molecule has 1 amide bonds. The van der Waals surface area contributed by atoms with Crippen molar-refractivity contribution in [3.05, 3.63) is 12.3 Å². The van der Waals surface area contributed by atoms with E-state index in [4.69, 9.17) is 5.73 Å². The van der Waals surface area contributed by atoms with Gasteiger partial charge in [-0.1, -0.05) is 12.8 Å². The van der Waals surface area contributed by atoms with Crippen LogP contribution in [0.5, 0.6) is 0 Å². The maximum absolute atomic E-state index is 11.7. The summed E-state index contributed by atoms with van der Waals surface area (Å²) in [4.78, 5) is 11.7. The van der Waals surface area contributed by atoms with Gasteiger partial charge in [-0.2, -0.15) is 5.10 Å². The van der Waals surface area contributed by atoms with Crippen LogP contribution in [0.15, 0.2) is 12.3 Å². The summed E-state index contributed by atoms with van der Waals surface area (Å²) in [5.74, 6) is 0.259. The van der Waals surface area contributed by atoms with Crippen LogP contribution in [-0.4, -0.2) is 32.9 Å². The third-order valence-electron chi connectivity index (χ3n) is 3.04. The van der Waals surface area contributed by atoms with Crippen LogP contribution in [0, 0.1) is 0 Å². The molecule has 0 aromatic carbocycles. The Labute approximate surface area is 99.8 Å². The molecular formula is C11H18N4O2. The summed E-state index contributed by atoms with van der Waals surface area (Å²) in [5.41, 5.74) is 5.46. The van der Waals surface area contributed by atoms with Gasteiger partial charge in [-0.25, -0.2) is 0 Å². The summed E-state index contributed by atoms with van der Waals surface area (Å²) in [7, 11) is 0. The van der Waals surface area contributed by atoms with Crippen LogP contribution in [0.25, 0.3) is 0 Å². The van der Waals surface area contributed by atoms with E-state index in [1.165, 1.54) is 4.68 Å². The molecular weight excluding hydrogens is 220 g/mol. The predicted octanol–water partition coefficient (Wildman–Crippen LogP) is -0.115. The number of nitrogens with one attached hydrogen (secondary N) is 1. The molecule has 1 aliphatic carbocycles. The first-order valence-electron chi connectivity index (χ1n) is 5.91. The third-order valence-corrected chi connectivity index (χ3v) is 3.04. The number of hydrogen-bond acceptors (Lipinski definition) is 4. The maximum atomic E-state index is 11.7. The molecule has 0 radical (unpaired) electrons. The first kappa shape index (κ1) is 11.9. The summed E-state index contributed by atoms with van der Waals surface area (Å²) >= 11 is 0. The zero-order chi connectivity index (χ0) is 12.3. The summed E-state index contributed by atoms with van der Waals surface area (Å²) in [6.07, 6.45) is 4.93. The molecule has 1 heterocycles. The standard InChI is InChI=1S/C11H18N4O2/c12-10-5-6-15(14-10)7-11(17)13-8-3-1-2-4-9(8)16/h5-6,8-9,16H,1-4,7H2,(H2,12,14)(H,13,17)/t8-,9-/m1/s1. The van der Waals surface area contributed by atoms with Crippen molar-refractivity contribution in [2.75, 3.05) is 5.73 Å². The Morgan fingerprint density at radius 3 is 3.00 bits per heavy atom. The number of rotatable bonds is 3. The molecule has 0 bridgehead atoms. The molecule has 1 aliphatic rings. The molecule has 94 valence electrons. The second-order valence-electron chi connectivity index (χ2n) is 4.46. The van der Waals surface area contributed by atoms with Crippen molar-refractivity contribution < 1.29 is 9.90 Å². The maximum Gasteiger partial charge on any atom is 0.242 e. The molecule has 1 aromatic rings. The molecule has 6 nitrogen and oxygen atoms in total. The van der Waals surface area contributed by atoms with Gasteiger partial charge in [0.05, 0.1) is 12.1 Å². The molecule has 0 saturated heterocycles. The van der Waals surface area contributed by atoms with Gasteiger partial charge < -0.3 is 16.2 Å². The van der Waals surface area contributed by atoms with Crippen LogP contribution in [0.2, 0.25) is 0 Å². The predicted molar refractivity (Wildman–Crippen MR) is 63.0 cm³/mol. The number of carbonyl (C=O) groups excluding carboxylic acids is 1. The fourth-order valence-electron chi connectivity index (χ4n) is 2.14. The number of anilines is 1. The fraction of sp³-hybridized carbons (Fsp3) is 0.636. The lowest BCUT2D eigenvalue weighted by Crippen LogP contribution is -2.46. The minimum Gasteiger partial charge on any atom is -0.391 e. The summed E-state index contributed by atoms with van der Waals surface area (Å²) in [5, 5.41) is 16.5. The minimum atomic E-state index is -0.421. The van der Waals surface area contributed by atoms with Crippen LogP contribution in [0.1, 0.15) is 25.7 Å². The molecule has 1 fully saturated rings. The fourth-order valence-corrected chi connectivity index (χ4v) is 2.14. The molecule has 0 spiro atoms. The van der Waals surface area contributed by atoms with Crippen molar-refractivity contribution in [1.29, 1.82) is 0 Å². The Morgan fingerprint density at radius 2 is 2.35 bits per heavy atom. The number of amides is 1. The Morgan fingerprint density at radius 1 is 1.59 bits per heavy atom. The lowest BCUT2D eigenvalue weighted by atomic mass is 9.92. The van der Waals surface area contributed by atoms with Crippen molar-refractivity contribution in [1.82, 2.24) is 15.1 Å². The molecule has 4 N–H and O–H groups in total. The van der Waals surface area contributed by atoms with Crippen LogP contribution in [-0.2, 0) is 11.3 Å². The van der Waals surface area contributed by atoms with E-state index in [-0.39, 0.29) is 18.5 Å². The Hall–Kier alpha value is -1.56. The smallest absolute Gasteiger partial charge is 0.242 e. The number of nitrogens with zero attached hydrogens (tertiary/aromatic N) is 2. The second-order valence-corrected chi connectivity index (χ2v) is 4.46. The number of nitrogen functional groups attached to an aromatic ring is 1. The summed E-state index contributed by atoms with van der Waals surface area (Å²) in [6, 6.07) is 1.52. The molecule has 1 aromatic heterocycles. The molecule has 2 atom stereocenters. The van der Waals surface area contributed by atoms with Gasteiger partial charge >= 0.3 is 0 Å². The molecule has 2 rings (SSSR count). The average molecular weight is 238 g/mol. The van der Waals surface area contributed by atoms with Crippen LogP contribution < -0.4 is 11.1 Å². The van der Waals surface area contributed by atoms with Gasteiger partial charge in [0.15, 0.2) is 0 Å². The van der Waals surface area contributed by atoms with E-state index >= 15 is 0 Å². The summed E-state index contributed by atoms with van der Waals surface area (Å²) in [6.45, 7) is 0.139. The van der Waals surface area contributed by atoms with Gasteiger partial charge in [0.25, 0.3) is 0 Å². The van der Waals surface area contributed by atoms with E-state index in [0.29, 0.717) is 5.82 Å². The Balaban J connectivity index is 1.84.